The maximum atomic E-state index is 6.03. The van der Waals surface area contributed by atoms with Crippen molar-refractivity contribution in [2.45, 2.75) is 19.0 Å². The van der Waals surface area contributed by atoms with Crippen LogP contribution in [-0.2, 0) is 6.54 Å². The van der Waals surface area contributed by atoms with Gasteiger partial charge in [-0.1, -0.05) is 29.8 Å². The lowest BCUT2D eigenvalue weighted by Crippen LogP contribution is -2.44. The molecule has 2 N–H and O–H groups in total. The van der Waals surface area contributed by atoms with Crippen molar-refractivity contribution in [3.63, 3.8) is 0 Å². The molecule has 0 radical (unpaired) electrons. The first-order chi connectivity index (χ1) is 13.2. The summed E-state index contributed by atoms with van der Waals surface area (Å²) in [6, 6.07) is 14.7. The number of para-hydroxylation sites is 1. The lowest BCUT2D eigenvalue weighted by atomic mass is 10.3. The van der Waals surface area contributed by atoms with Gasteiger partial charge in [0.2, 0.25) is 0 Å². The second-order valence-corrected chi connectivity index (χ2v) is 7.12. The van der Waals surface area contributed by atoms with Crippen LogP contribution < -0.4 is 15.5 Å². The van der Waals surface area contributed by atoms with E-state index in [0.717, 1.165) is 36.8 Å². The average molecular weight is 511 g/mol. The summed E-state index contributed by atoms with van der Waals surface area (Å²) in [6.07, 6.45) is 4.92. The van der Waals surface area contributed by atoms with E-state index in [0.29, 0.717) is 17.6 Å². The van der Waals surface area contributed by atoms with Gasteiger partial charge >= 0.3 is 0 Å². The summed E-state index contributed by atoms with van der Waals surface area (Å²) in [5, 5.41) is 7.57. The minimum atomic E-state index is 0. The minimum Gasteiger partial charge on any atom is -0.369 e. The number of hydrogen-bond acceptors (Lipinski definition) is 3. The SMILES string of the molecule is CN=C(NCc1cn2cc(Cl)ccc2n1)NC1CCN(c2ccccc2)C1.I. The van der Waals surface area contributed by atoms with E-state index in [1.807, 2.05) is 35.0 Å². The van der Waals surface area contributed by atoms with Crippen LogP contribution in [-0.4, -0.2) is 41.5 Å². The number of guanidine groups is 1. The fourth-order valence-corrected chi connectivity index (χ4v) is 3.58. The van der Waals surface area contributed by atoms with Crippen LogP contribution in [0.25, 0.3) is 5.65 Å². The van der Waals surface area contributed by atoms with Crippen molar-refractivity contribution in [1.82, 2.24) is 20.0 Å². The van der Waals surface area contributed by atoms with Crippen LogP contribution in [0.5, 0.6) is 0 Å². The number of rotatable bonds is 4. The zero-order valence-electron chi connectivity index (χ0n) is 15.7. The Morgan fingerprint density at radius 1 is 1.21 bits per heavy atom. The number of fused-ring (bicyclic) bond motifs is 1. The Hall–Kier alpha value is -2.00. The third-order valence-corrected chi connectivity index (χ3v) is 5.00. The van der Waals surface area contributed by atoms with E-state index in [4.69, 9.17) is 11.6 Å². The molecular formula is C20H24ClIN6. The zero-order valence-corrected chi connectivity index (χ0v) is 18.8. The van der Waals surface area contributed by atoms with E-state index in [1.54, 1.807) is 7.05 Å². The van der Waals surface area contributed by atoms with Gasteiger partial charge in [-0.3, -0.25) is 4.99 Å². The van der Waals surface area contributed by atoms with E-state index < -0.39 is 0 Å². The summed E-state index contributed by atoms with van der Waals surface area (Å²) in [7, 11) is 1.79. The van der Waals surface area contributed by atoms with E-state index in [1.165, 1.54) is 5.69 Å². The number of imidazole rings is 1. The molecule has 3 heterocycles. The Kier molecular flexibility index (Phi) is 7.01. The predicted octanol–water partition coefficient (Wildman–Crippen LogP) is 3.55. The molecule has 0 saturated carbocycles. The molecule has 148 valence electrons. The van der Waals surface area contributed by atoms with E-state index in [2.05, 4.69) is 49.8 Å². The average Bonchev–Trinajstić information content (AvgIpc) is 3.32. The van der Waals surface area contributed by atoms with E-state index in [-0.39, 0.29) is 24.0 Å². The van der Waals surface area contributed by atoms with Gasteiger partial charge in [0.1, 0.15) is 5.65 Å². The van der Waals surface area contributed by atoms with Crippen molar-refractivity contribution >= 4 is 52.9 Å². The van der Waals surface area contributed by atoms with Crippen molar-refractivity contribution in [2.75, 3.05) is 25.0 Å². The highest BCUT2D eigenvalue weighted by Crippen LogP contribution is 2.19. The Morgan fingerprint density at radius 2 is 2.04 bits per heavy atom. The molecule has 0 amide bonds. The number of aliphatic imine (C=N–C) groups is 1. The molecule has 1 aliphatic heterocycles. The molecule has 1 fully saturated rings. The summed E-state index contributed by atoms with van der Waals surface area (Å²) in [5.74, 6) is 0.796. The third-order valence-electron chi connectivity index (χ3n) is 4.78. The van der Waals surface area contributed by atoms with Gasteiger partial charge in [-0.2, -0.15) is 0 Å². The molecule has 1 unspecified atom stereocenters. The van der Waals surface area contributed by atoms with Crippen LogP contribution in [0.15, 0.2) is 59.9 Å². The van der Waals surface area contributed by atoms with Crippen molar-refractivity contribution < 1.29 is 0 Å². The second kappa shape index (κ2) is 9.47. The number of halogens is 2. The van der Waals surface area contributed by atoms with Crippen LogP contribution in [0, 0.1) is 0 Å². The normalized spacial score (nSPS) is 16.9. The topological polar surface area (TPSA) is 57.0 Å². The molecule has 3 aromatic rings. The Bertz CT molecular complexity index is 942. The fourth-order valence-electron chi connectivity index (χ4n) is 3.42. The van der Waals surface area contributed by atoms with E-state index >= 15 is 0 Å². The highest BCUT2D eigenvalue weighted by atomic mass is 127. The fraction of sp³-hybridized carbons (Fsp3) is 0.300. The quantitative estimate of drug-likeness (QED) is 0.320. The molecular weight excluding hydrogens is 487 g/mol. The first kappa shape index (κ1) is 20.7. The van der Waals surface area contributed by atoms with E-state index in [9.17, 15) is 0 Å². The van der Waals surface area contributed by atoms with Gasteiger partial charge in [0.05, 0.1) is 17.3 Å². The Balaban J connectivity index is 0.00000225. The van der Waals surface area contributed by atoms with Crippen molar-refractivity contribution in [2.24, 2.45) is 4.99 Å². The van der Waals surface area contributed by atoms with Crippen LogP contribution in [0.3, 0.4) is 0 Å². The summed E-state index contributed by atoms with van der Waals surface area (Å²) in [6.45, 7) is 2.62. The number of aromatic nitrogens is 2. The summed E-state index contributed by atoms with van der Waals surface area (Å²) >= 11 is 6.03. The number of benzene rings is 1. The maximum Gasteiger partial charge on any atom is 0.191 e. The second-order valence-electron chi connectivity index (χ2n) is 6.68. The van der Waals surface area contributed by atoms with Crippen LogP contribution in [0.4, 0.5) is 5.69 Å². The van der Waals surface area contributed by atoms with Crippen molar-refractivity contribution in [3.8, 4) is 0 Å². The lowest BCUT2D eigenvalue weighted by molar-refractivity contribution is 0.647. The molecule has 28 heavy (non-hydrogen) atoms. The lowest BCUT2D eigenvalue weighted by Gasteiger charge is -2.20. The van der Waals surface area contributed by atoms with Gasteiger partial charge in [0, 0.05) is 44.3 Å². The van der Waals surface area contributed by atoms with Gasteiger partial charge < -0.3 is 19.9 Å². The maximum absolute atomic E-state index is 6.03. The number of anilines is 1. The number of nitrogens with one attached hydrogen (secondary N) is 2. The van der Waals surface area contributed by atoms with Gasteiger partial charge in [-0.15, -0.1) is 24.0 Å². The standard InChI is InChI=1S/C20H23ClN6.HI/c1-22-20(23-11-17-14-27-12-15(21)7-8-19(27)24-17)25-16-9-10-26(13-16)18-5-3-2-4-6-18;/h2-8,12,14,16H,9-11,13H2,1H3,(H2,22,23,25);1H. The molecule has 0 bridgehead atoms. The Morgan fingerprint density at radius 3 is 2.82 bits per heavy atom. The zero-order chi connectivity index (χ0) is 18.6. The predicted molar refractivity (Wildman–Crippen MR) is 126 cm³/mol. The minimum absolute atomic E-state index is 0. The number of hydrogen-bond donors (Lipinski definition) is 2. The van der Waals surface area contributed by atoms with Gasteiger partial charge in [0.25, 0.3) is 0 Å². The smallest absolute Gasteiger partial charge is 0.191 e. The number of pyridine rings is 1. The first-order valence-electron chi connectivity index (χ1n) is 9.11. The highest BCUT2D eigenvalue weighted by Gasteiger charge is 2.23. The molecule has 6 nitrogen and oxygen atoms in total. The third kappa shape index (κ3) is 4.88. The molecule has 0 aliphatic carbocycles. The highest BCUT2D eigenvalue weighted by molar-refractivity contribution is 14.0. The van der Waals surface area contributed by atoms with Gasteiger partial charge in [-0.05, 0) is 30.7 Å². The monoisotopic (exact) mass is 510 g/mol. The van der Waals surface area contributed by atoms with Crippen LogP contribution in [0.2, 0.25) is 5.02 Å². The Labute approximate surface area is 187 Å². The number of nitrogens with zero attached hydrogens (tertiary/aromatic N) is 4. The van der Waals surface area contributed by atoms with Crippen LogP contribution in [0.1, 0.15) is 12.1 Å². The summed E-state index contributed by atoms with van der Waals surface area (Å²) in [4.78, 5) is 11.3. The van der Waals surface area contributed by atoms with Crippen molar-refractivity contribution in [3.05, 3.63) is 65.6 Å². The molecule has 1 saturated heterocycles. The molecule has 1 aliphatic rings. The molecule has 1 aromatic carbocycles. The summed E-state index contributed by atoms with van der Waals surface area (Å²) < 4.78 is 1.93. The summed E-state index contributed by atoms with van der Waals surface area (Å²) in [5.41, 5.74) is 3.10. The largest absolute Gasteiger partial charge is 0.369 e. The van der Waals surface area contributed by atoms with Crippen LogP contribution >= 0.6 is 35.6 Å². The molecule has 2 aromatic heterocycles. The molecule has 8 heteroatoms. The van der Waals surface area contributed by atoms with Crippen molar-refractivity contribution in [1.29, 1.82) is 0 Å². The molecule has 4 rings (SSSR count). The molecule has 0 spiro atoms. The first-order valence-corrected chi connectivity index (χ1v) is 9.49. The van der Waals surface area contributed by atoms with Gasteiger partial charge in [-0.25, -0.2) is 4.98 Å². The van der Waals surface area contributed by atoms with Gasteiger partial charge in [0.15, 0.2) is 5.96 Å². The molecule has 1 atom stereocenters.